The molecule has 0 radical (unpaired) electrons. The predicted octanol–water partition coefficient (Wildman–Crippen LogP) is 2.90. The van der Waals surface area contributed by atoms with Gasteiger partial charge in [0.2, 0.25) is 0 Å². The summed E-state index contributed by atoms with van der Waals surface area (Å²) < 4.78 is 10.2. The van der Waals surface area contributed by atoms with E-state index in [9.17, 15) is 14.4 Å². The lowest BCUT2D eigenvalue weighted by molar-refractivity contribution is -0.189. The number of Topliss-reactive ketones (excluding diaryl/α,β-unsaturated/α-hetero) is 1. The van der Waals surface area contributed by atoms with E-state index in [1.807, 2.05) is 0 Å². The zero-order chi connectivity index (χ0) is 17.5. The number of carbonyl (C=O) groups excluding carboxylic acids is 3. The van der Waals surface area contributed by atoms with Crippen molar-refractivity contribution in [1.82, 2.24) is 0 Å². The summed E-state index contributed by atoms with van der Waals surface area (Å²) in [5.41, 5.74) is -0.794. The molecule has 0 unspecified atom stereocenters. The Kier molecular flexibility index (Phi) is 4.47. The first kappa shape index (κ1) is 17.4. The smallest absolute Gasteiger partial charge is 0.312 e. The molecule has 0 bridgehead atoms. The Morgan fingerprint density at radius 2 is 1.83 bits per heavy atom. The second kappa shape index (κ2) is 6.16. The van der Waals surface area contributed by atoms with Crippen molar-refractivity contribution in [3.8, 4) is 0 Å². The minimum atomic E-state index is -0.682. The number of ether oxygens (including phenoxy) is 2. The third kappa shape index (κ3) is 2.39. The minimum absolute atomic E-state index is 0.0956. The third-order valence-electron chi connectivity index (χ3n) is 7.11. The van der Waals surface area contributed by atoms with Crippen LogP contribution in [0.2, 0.25) is 0 Å². The van der Waals surface area contributed by atoms with Crippen LogP contribution in [0.5, 0.6) is 0 Å². The Labute approximate surface area is 143 Å². The highest BCUT2D eigenvalue weighted by atomic mass is 16.5. The SMILES string of the molecule is COC(=O)[C@@H]1CC[C@H]2[C@@](C)(CC[C@H]3C(=O)CCC[C@]32C(=O)OC)C1. The van der Waals surface area contributed by atoms with Crippen molar-refractivity contribution in [2.75, 3.05) is 14.2 Å². The van der Waals surface area contributed by atoms with Crippen molar-refractivity contribution < 1.29 is 23.9 Å². The highest BCUT2D eigenvalue weighted by molar-refractivity contribution is 5.91. The molecule has 3 aliphatic carbocycles. The largest absolute Gasteiger partial charge is 0.469 e. The Balaban J connectivity index is 1.98. The van der Waals surface area contributed by atoms with Crippen molar-refractivity contribution in [2.24, 2.45) is 28.6 Å². The number of hydrogen-bond donors (Lipinski definition) is 0. The normalized spacial score (nSPS) is 41.8. The van der Waals surface area contributed by atoms with Crippen LogP contribution >= 0.6 is 0 Å². The van der Waals surface area contributed by atoms with E-state index in [4.69, 9.17) is 9.47 Å². The van der Waals surface area contributed by atoms with Gasteiger partial charge in [-0.2, -0.15) is 0 Å². The average molecular weight is 336 g/mol. The van der Waals surface area contributed by atoms with Gasteiger partial charge in [0.05, 0.1) is 25.6 Å². The highest BCUT2D eigenvalue weighted by Crippen LogP contribution is 2.64. The van der Waals surface area contributed by atoms with E-state index >= 15 is 0 Å². The van der Waals surface area contributed by atoms with Crippen molar-refractivity contribution in [3.05, 3.63) is 0 Å². The summed E-state index contributed by atoms with van der Waals surface area (Å²) in [7, 11) is 2.86. The molecular formula is C19H28O5. The van der Waals surface area contributed by atoms with Gasteiger partial charge in [0.25, 0.3) is 0 Å². The molecule has 3 saturated carbocycles. The summed E-state index contributed by atoms with van der Waals surface area (Å²) >= 11 is 0. The van der Waals surface area contributed by atoms with E-state index in [0.717, 1.165) is 44.9 Å². The zero-order valence-corrected chi connectivity index (χ0v) is 14.9. The quantitative estimate of drug-likeness (QED) is 0.725. The standard InChI is InChI=1S/C19H28O5/c1-18-10-8-13-14(20)5-4-9-19(13,17(22)24-3)15(18)7-6-12(11-18)16(21)23-2/h12-13,15H,4-11H2,1-3H3/t12-,13+,15+,18+,19+/m1/s1. The second-order valence-electron chi connectivity index (χ2n) is 8.15. The van der Waals surface area contributed by atoms with E-state index in [2.05, 4.69) is 6.92 Å². The number of fused-ring (bicyclic) bond motifs is 3. The molecule has 0 spiro atoms. The van der Waals surface area contributed by atoms with Crippen molar-refractivity contribution >= 4 is 17.7 Å². The third-order valence-corrected chi connectivity index (χ3v) is 7.11. The van der Waals surface area contributed by atoms with Gasteiger partial charge in [-0.1, -0.05) is 6.92 Å². The molecule has 0 N–H and O–H groups in total. The summed E-state index contributed by atoms with van der Waals surface area (Å²) in [6, 6.07) is 0. The van der Waals surface area contributed by atoms with Gasteiger partial charge in [0, 0.05) is 12.3 Å². The zero-order valence-electron chi connectivity index (χ0n) is 14.9. The summed E-state index contributed by atoms with van der Waals surface area (Å²) in [6.07, 6.45) is 5.95. The highest BCUT2D eigenvalue weighted by Gasteiger charge is 2.64. The summed E-state index contributed by atoms with van der Waals surface area (Å²) in [5, 5.41) is 0. The number of carbonyl (C=O) groups is 3. The minimum Gasteiger partial charge on any atom is -0.469 e. The maximum Gasteiger partial charge on any atom is 0.312 e. The molecule has 5 atom stereocenters. The first-order valence-electron chi connectivity index (χ1n) is 9.08. The van der Waals surface area contributed by atoms with E-state index in [1.165, 1.54) is 14.2 Å². The monoisotopic (exact) mass is 336 g/mol. The van der Waals surface area contributed by atoms with Crippen LogP contribution in [0.4, 0.5) is 0 Å². The molecule has 3 fully saturated rings. The van der Waals surface area contributed by atoms with E-state index in [1.54, 1.807) is 0 Å². The summed E-state index contributed by atoms with van der Waals surface area (Å²) in [5.74, 6) is -0.324. The maximum absolute atomic E-state index is 12.9. The molecule has 0 amide bonds. The fraction of sp³-hybridized carbons (Fsp3) is 0.842. The van der Waals surface area contributed by atoms with Crippen molar-refractivity contribution in [3.63, 3.8) is 0 Å². The first-order chi connectivity index (χ1) is 11.4. The Morgan fingerprint density at radius 3 is 2.50 bits per heavy atom. The fourth-order valence-electron chi connectivity index (χ4n) is 6.12. The van der Waals surface area contributed by atoms with Gasteiger partial charge < -0.3 is 9.47 Å². The van der Waals surface area contributed by atoms with Crippen LogP contribution in [-0.2, 0) is 23.9 Å². The van der Waals surface area contributed by atoms with Crippen molar-refractivity contribution in [2.45, 2.75) is 58.3 Å². The lowest BCUT2D eigenvalue weighted by Crippen LogP contribution is -2.60. The van der Waals surface area contributed by atoms with Gasteiger partial charge in [0.15, 0.2) is 0 Å². The van der Waals surface area contributed by atoms with Crippen LogP contribution in [0.25, 0.3) is 0 Å². The Bertz CT molecular complexity index is 556. The maximum atomic E-state index is 12.9. The summed E-state index contributed by atoms with van der Waals surface area (Å²) in [6.45, 7) is 2.19. The first-order valence-corrected chi connectivity index (χ1v) is 9.08. The molecular weight excluding hydrogens is 308 g/mol. The van der Waals surface area contributed by atoms with Crippen LogP contribution in [0, 0.1) is 28.6 Å². The van der Waals surface area contributed by atoms with Crippen molar-refractivity contribution in [1.29, 1.82) is 0 Å². The number of rotatable bonds is 2. The molecule has 0 aromatic heterocycles. The second-order valence-corrected chi connectivity index (χ2v) is 8.15. The van der Waals surface area contributed by atoms with E-state index in [0.29, 0.717) is 6.42 Å². The van der Waals surface area contributed by atoms with Gasteiger partial charge in [-0.25, -0.2) is 0 Å². The molecule has 24 heavy (non-hydrogen) atoms. The molecule has 5 nitrogen and oxygen atoms in total. The average Bonchev–Trinajstić information content (AvgIpc) is 2.59. The van der Waals surface area contributed by atoms with Crippen LogP contribution in [0.15, 0.2) is 0 Å². The number of esters is 2. The van der Waals surface area contributed by atoms with Gasteiger partial charge in [-0.15, -0.1) is 0 Å². The number of hydrogen-bond acceptors (Lipinski definition) is 5. The molecule has 0 heterocycles. The number of ketones is 1. The van der Waals surface area contributed by atoms with E-state index < -0.39 is 5.41 Å². The molecule has 0 aliphatic heterocycles. The topological polar surface area (TPSA) is 69.7 Å². The fourth-order valence-corrected chi connectivity index (χ4v) is 6.12. The van der Waals surface area contributed by atoms with Crippen LogP contribution < -0.4 is 0 Å². The predicted molar refractivity (Wildman–Crippen MR) is 87.0 cm³/mol. The summed E-state index contributed by atoms with van der Waals surface area (Å²) in [4.78, 5) is 37.5. The molecule has 3 rings (SSSR count). The lowest BCUT2D eigenvalue weighted by atomic mass is 9.43. The molecule has 0 aromatic carbocycles. The van der Waals surface area contributed by atoms with Gasteiger partial charge in [-0.05, 0) is 56.3 Å². The lowest BCUT2D eigenvalue weighted by Gasteiger charge is -2.59. The number of methoxy groups -OCH3 is 2. The molecule has 134 valence electrons. The van der Waals surface area contributed by atoms with Crippen LogP contribution in [-0.4, -0.2) is 31.9 Å². The van der Waals surface area contributed by atoms with Crippen LogP contribution in [0.1, 0.15) is 58.3 Å². The van der Waals surface area contributed by atoms with Gasteiger partial charge >= 0.3 is 11.9 Å². The molecule has 0 aromatic rings. The van der Waals surface area contributed by atoms with Gasteiger partial charge in [0.1, 0.15) is 5.78 Å². The molecule has 3 aliphatic rings. The van der Waals surface area contributed by atoms with E-state index in [-0.39, 0.29) is 40.9 Å². The Morgan fingerprint density at radius 1 is 1.08 bits per heavy atom. The molecule has 0 saturated heterocycles. The Hall–Kier alpha value is -1.39. The molecule has 5 heteroatoms. The van der Waals surface area contributed by atoms with Gasteiger partial charge in [-0.3, -0.25) is 14.4 Å². The van der Waals surface area contributed by atoms with Crippen LogP contribution in [0.3, 0.4) is 0 Å².